The fraction of sp³-hybridized carbons (Fsp3) is 0.0196. The molecule has 17 aromatic rings. The van der Waals surface area contributed by atoms with E-state index in [1.165, 1.54) is 100 Å². The lowest BCUT2D eigenvalue weighted by Gasteiger charge is -2.35. The van der Waals surface area contributed by atoms with E-state index in [2.05, 4.69) is 351 Å². The van der Waals surface area contributed by atoms with Crippen LogP contribution >= 0.6 is 11.3 Å². The summed E-state index contributed by atoms with van der Waals surface area (Å²) < 4.78 is 30.8. The SMILES string of the molecule is C=Cc1ccc(C2(c3ccccc3)c3ccccc3-c3ccc(N(c4ccc(-c5cccc(-c6ccc(F)cc6)c5)cc4)c4ccc5sc6ccc(N(c7ccc(-c8cccc(-c9ccc(F)cc9)c8)cc7)c7ccc8c(c7)C(c7ccccc7)(c7ccc(C=C)cc7)c7ccccc7-8)cc6c5c4)cc32)cc1. The van der Waals surface area contributed by atoms with Gasteiger partial charge < -0.3 is 9.80 Å². The lowest BCUT2D eigenvalue weighted by molar-refractivity contribution is 0.627. The molecule has 107 heavy (non-hydrogen) atoms. The third-order valence-corrected chi connectivity index (χ3v) is 23.2. The van der Waals surface area contributed by atoms with E-state index in [-0.39, 0.29) is 11.6 Å². The normalized spacial score (nSPS) is 14.6. The first-order valence-corrected chi connectivity index (χ1v) is 37.1. The second kappa shape index (κ2) is 26.4. The van der Waals surface area contributed by atoms with Crippen molar-refractivity contribution in [3.05, 3.63) is 457 Å². The summed E-state index contributed by atoms with van der Waals surface area (Å²) in [7, 11) is 0. The Hall–Kier alpha value is -13.3. The van der Waals surface area contributed by atoms with E-state index in [4.69, 9.17) is 0 Å². The molecule has 2 atom stereocenters. The predicted molar refractivity (Wildman–Crippen MR) is 445 cm³/mol. The minimum atomic E-state index is -0.663. The summed E-state index contributed by atoms with van der Waals surface area (Å²) in [4.78, 5) is 4.86. The van der Waals surface area contributed by atoms with Gasteiger partial charge in [-0.1, -0.05) is 280 Å². The van der Waals surface area contributed by atoms with Crippen molar-refractivity contribution in [2.45, 2.75) is 10.8 Å². The van der Waals surface area contributed by atoms with Crippen LogP contribution in [0.1, 0.15) is 55.6 Å². The quantitative estimate of drug-likeness (QED) is 0.0951. The van der Waals surface area contributed by atoms with Gasteiger partial charge in [0.2, 0.25) is 0 Å². The molecule has 2 nitrogen and oxygen atoms in total. The van der Waals surface area contributed by atoms with Gasteiger partial charge in [-0.15, -0.1) is 11.3 Å². The Bertz CT molecular complexity index is 5900. The molecule has 5 heteroatoms. The van der Waals surface area contributed by atoms with Crippen LogP contribution in [0.3, 0.4) is 0 Å². The highest BCUT2D eigenvalue weighted by Crippen LogP contribution is 2.60. The summed E-state index contributed by atoms with van der Waals surface area (Å²) in [5, 5.41) is 2.29. The number of nitrogens with zero attached hydrogens (tertiary/aromatic N) is 2. The molecular weight excluding hydrogens is 1320 g/mol. The van der Waals surface area contributed by atoms with Gasteiger partial charge in [0.1, 0.15) is 11.6 Å². The molecule has 0 bridgehead atoms. The number of hydrogen-bond acceptors (Lipinski definition) is 3. The lowest BCUT2D eigenvalue weighted by Crippen LogP contribution is -2.28. The second-order valence-corrected chi connectivity index (χ2v) is 28.9. The van der Waals surface area contributed by atoms with Crippen molar-refractivity contribution in [3.8, 4) is 66.8 Å². The molecule has 0 aliphatic heterocycles. The number of rotatable bonds is 16. The van der Waals surface area contributed by atoms with E-state index < -0.39 is 10.8 Å². The zero-order chi connectivity index (χ0) is 71.7. The zero-order valence-electron chi connectivity index (χ0n) is 58.4. The molecule has 2 unspecified atom stereocenters. The molecule has 1 aromatic heterocycles. The molecule has 0 N–H and O–H groups in total. The molecule has 2 aliphatic carbocycles. The van der Waals surface area contributed by atoms with Gasteiger partial charge in [0, 0.05) is 54.3 Å². The molecule has 19 rings (SSSR count). The zero-order valence-corrected chi connectivity index (χ0v) is 59.2. The van der Waals surface area contributed by atoms with E-state index in [1.54, 1.807) is 0 Å². The van der Waals surface area contributed by atoms with Gasteiger partial charge in [-0.05, 0) is 244 Å². The highest BCUT2D eigenvalue weighted by atomic mass is 32.1. The van der Waals surface area contributed by atoms with Crippen LogP contribution in [0.5, 0.6) is 0 Å². The molecule has 16 aromatic carbocycles. The average molecular weight is 1390 g/mol. The highest BCUT2D eigenvalue weighted by Gasteiger charge is 2.48. The number of hydrogen-bond donors (Lipinski definition) is 0. The van der Waals surface area contributed by atoms with Crippen LogP contribution in [-0.4, -0.2) is 0 Å². The summed E-state index contributed by atoms with van der Waals surface area (Å²) >= 11 is 1.81. The van der Waals surface area contributed by atoms with E-state index in [1.807, 2.05) is 47.8 Å². The van der Waals surface area contributed by atoms with E-state index in [0.717, 1.165) is 101 Å². The molecule has 1 heterocycles. The van der Waals surface area contributed by atoms with Gasteiger partial charge in [-0.3, -0.25) is 0 Å². The highest BCUT2D eigenvalue weighted by molar-refractivity contribution is 7.25. The number of anilines is 6. The Morgan fingerprint density at radius 3 is 0.925 bits per heavy atom. The fourth-order valence-electron chi connectivity index (χ4n) is 17.1. The van der Waals surface area contributed by atoms with Crippen molar-refractivity contribution in [1.29, 1.82) is 0 Å². The molecule has 0 spiro atoms. The van der Waals surface area contributed by atoms with Crippen LogP contribution in [0.25, 0.3) is 99.1 Å². The average Bonchev–Trinajstić information content (AvgIpc) is 1.55. The van der Waals surface area contributed by atoms with Gasteiger partial charge in [-0.25, -0.2) is 8.78 Å². The molecule has 2 aliphatic rings. The van der Waals surface area contributed by atoms with Gasteiger partial charge >= 0.3 is 0 Å². The summed E-state index contributed by atoms with van der Waals surface area (Å²) in [6, 6.07) is 134. The Morgan fingerprint density at radius 1 is 0.243 bits per heavy atom. The minimum Gasteiger partial charge on any atom is -0.310 e. The Morgan fingerprint density at radius 2 is 0.551 bits per heavy atom. The van der Waals surface area contributed by atoms with Crippen molar-refractivity contribution < 1.29 is 8.78 Å². The molecule has 0 radical (unpaired) electrons. The maximum absolute atomic E-state index is 14.2. The monoisotopic (exact) mass is 1390 g/mol. The summed E-state index contributed by atoms with van der Waals surface area (Å²) in [6.07, 6.45) is 3.83. The summed E-state index contributed by atoms with van der Waals surface area (Å²) in [6.45, 7) is 8.28. The molecule has 0 amide bonds. The first kappa shape index (κ1) is 64.5. The second-order valence-electron chi connectivity index (χ2n) is 27.8. The van der Waals surface area contributed by atoms with Crippen LogP contribution in [0.15, 0.2) is 389 Å². The minimum absolute atomic E-state index is 0.257. The van der Waals surface area contributed by atoms with Gasteiger partial charge in [0.15, 0.2) is 0 Å². The van der Waals surface area contributed by atoms with Gasteiger partial charge in [0.25, 0.3) is 0 Å². The maximum atomic E-state index is 14.2. The summed E-state index contributed by atoms with van der Waals surface area (Å²) in [5.41, 5.74) is 29.5. The Labute approximate surface area is 626 Å². The lowest BCUT2D eigenvalue weighted by atomic mass is 9.67. The topological polar surface area (TPSA) is 6.48 Å². The first-order valence-electron chi connectivity index (χ1n) is 36.3. The number of fused-ring (bicyclic) bond motifs is 9. The van der Waals surface area contributed by atoms with Crippen LogP contribution in [0, 0.1) is 11.6 Å². The van der Waals surface area contributed by atoms with E-state index in [9.17, 15) is 8.78 Å². The van der Waals surface area contributed by atoms with Crippen LogP contribution in [0.2, 0.25) is 0 Å². The van der Waals surface area contributed by atoms with Crippen molar-refractivity contribution >= 4 is 77.8 Å². The number of benzene rings is 16. The van der Waals surface area contributed by atoms with Gasteiger partial charge in [0.05, 0.1) is 10.8 Å². The fourth-order valence-corrected chi connectivity index (χ4v) is 18.1. The number of thiophene rings is 1. The van der Waals surface area contributed by atoms with Crippen molar-refractivity contribution in [2.75, 3.05) is 9.80 Å². The van der Waals surface area contributed by atoms with Crippen LogP contribution in [-0.2, 0) is 10.8 Å². The van der Waals surface area contributed by atoms with Crippen molar-refractivity contribution in [3.63, 3.8) is 0 Å². The Kier molecular flexibility index (Phi) is 15.9. The van der Waals surface area contributed by atoms with Crippen molar-refractivity contribution in [1.82, 2.24) is 0 Å². The Balaban J connectivity index is 0.795. The third-order valence-electron chi connectivity index (χ3n) is 22.1. The number of halogens is 2. The van der Waals surface area contributed by atoms with Gasteiger partial charge in [-0.2, -0.15) is 0 Å². The third kappa shape index (κ3) is 10.9. The van der Waals surface area contributed by atoms with Crippen LogP contribution < -0.4 is 9.80 Å². The maximum Gasteiger partial charge on any atom is 0.123 e. The molecule has 506 valence electrons. The largest absolute Gasteiger partial charge is 0.310 e. The summed E-state index contributed by atoms with van der Waals surface area (Å²) in [5.74, 6) is -0.514. The van der Waals surface area contributed by atoms with E-state index >= 15 is 0 Å². The molecule has 0 fully saturated rings. The molecule has 0 saturated heterocycles. The molecule has 0 saturated carbocycles. The van der Waals surface area contributed by atoms with Crippen molar-refractivity contribution in [2.24, 2.45) is 0 Å². The standard InChI is InChI=1S/C102H68F2N2S/c1-3-67-29-41-79(42-30-67)101(77-21-7-5-8-22-77)95-27-13-11-25-89(95)91-57-53-87(65-97(91)101)105(83-49-37-71(38-50-83)75-19-15-17-73(61-75)69-33-45-81(103)46-34-69)85-55-59-99-93(63-85)94-64-86(56-60-100(94)107-99)106(84-51-39-72(40-52-84)76-20-16-18-74(62-76)70-35-47-82(104)48-36-70)88-54-58-92-90-26-12-14-28-96(90)102(98(92)66-88,78-23-9-6-10-24-78)80-43-31-68(4-2)32-44-80/h3-66H,1-2H2. The smallest absolute Gasteiger partial charge is 0.123 e. The van der Waals surface area contributed by atoms with Crippen LogP contribution in [0.4, 0.5) is 42.9 Å². The van der Waals surface area contributed by atoms with E-state index in [0.29, 0.717) is 0 Å². The predicted octanol–water partition coefficient (Wildman–Crippen LogP) is 28.0. The first-order chi connectivity index (χ1) is 52.7. The molecular formula is C102H68F2N2S.